The van der Waals surface area contributed by atoms with E-state index >= 15 is 0 Å². The molecule has 100 valence electrons. The molecule has 3 rings (SSSR count). The molecule has 0 bridgehead atoms. The first-order valence-electron chi connectivity index (χ1n) is 7.17. The molecule has 1 unspecified atom stereocenters. The van der Waals surface area contributed by atoms with Crippen molar-refractivity contribution in [2.24, 2.45) is 10.9 Å². The van der Waals surface area contributed by atoms with Gasteiger partial charge in [0.1, 0.15) is 5.84 Å². The Morgan fingerprint density at radius 2 is 2.06 bits per heavy atom. The second kappa shape index (κ2) is 5.41. The van der Waals surface area contributed by atoms with Gasteiger partial charge in [0.15, 0.2) is 0 Å². The summed E-state index contributed by atoms with van der Waals surface area (Å²) in [6.07, 6.45) is 3.50. The minimum Gasteiger partial charge on any atom is -0.378 e. The molecular formula is C14H23N3O. The van der Waals surface area contributed by atoms with Crippen molar-refractivity contribution in [3.8, 4) is 0 Å². The van der Waals surface area contributed by atoms with Gasteiger partial charge in [-0.3, -0.25) is 0 Å². The maximum Gasteiger partial charge on any atom is 0.105 e. The second-order valence-corrected chi connectivity index (χ2v) is 5.47. The van der Waals surface area contributed by atoms with Crippen LogP contribution in [-0.2, 0) is 4.74 Å². The normalized spacial score (nSPS) is 29.7. The highest BCUT2D eigenvalue weighted by Gasteiger charge is 2.24. The Hall–Kier alpha value is -0.870. The van der Waals surface area contributed by atoms with E-state index in [1.54, 1.807) is 5.57 Å². The van der Waals surface area contributed by atoms with Crippen molar-refractivity contribution in [3.63, 3.8) is 0 Å². The van der Waals surface area contributed by atoms with Crippen LogP contribution in [0.4, 0.5) is 0 Å². The van der Waals surface area contributed by atoms with Crippen LogP contribution in [0, 0.1) is 5.92 Å². The fourth-order valence-corrected chi connectivity index (χ4v) is 3.08. The third kappa shape index (κ3) is 2.45. The maximum atomic E-state index is 5.42. The molecule has 0 aromatic rings. The van der Waals surface area contributed by atoms with E-state index in [1.165, 1.54) is 24.4 Å². The van der Waals surface area contributed by atoms with E-state index < -0.39 is 0 Å². The highest BCUT2D eigenvalue weighted by atomic mass is 16.5. The smallest absolute Gasteiger partial charge is 0.105 e. The molecule has 0 radical (unpaired) electrons. The van der Waals surface area contributed by atoms with Crippen molar-refractivity contribution < 1.29 is 4.74 Å². The molecule has 3 aliphatic heterocycles. The van der Waals surface area contributed by atoms with E-state index in [9.17, 15) is 0 Å². The number of hydrogen-bond donors (Lipinski definition) is 1. The predicted octanol–water partition coefficient (Wildman–Crippen LogP) is 1.39. The lowest BCUT2D eigenvalue weighted by atomic mass is 9.95. The molecule has 0 spiro atoms. The lowest BCUT2D eigenvalue weighted by Crippen LogP contribution is -2.41. The van der Waals surface area contributed by atoms with Crippen LogP contribution in [0.2, 0.25) is 0 Å². The first-order chi connectivity index (χ1) is 8.84. The Balaban J connectivity index is 1.80. The molecule has 4 nitrogen and oxygen atoms in total. The van der Waals surface area contributed by atoms with Crippen molar-refractivity contribution in [3.05, 3.63) is 11.3 Å². The van der Waals surface area contributed by atoms with Gasteiger partial charge in [-0.25, -0.2) is 4.99 Å². The van der Waals surface area contributed by atoms with Gasteiger partial charge >= 0.3 is 0 Å². The lowest BCUT2D eigenvalue weighted by molar-refractivity contribution is 0.0670. The van der Waals surface area contributed by atoms with Crippen LogP contribution in [0.1, 0.15) is 26.2 Å². The molecule has 3 heterocycles. The molecule has 0 aliphatic carbocycles. The van der Waals surface area contributed by atoms with Crippen LogP contribution in [0.5, 0.6) is 0 Å². The molecule has 4 heteroatoms. The van der Waals surface area contributed by atoms with Crippen molar-refractivity contribution in [1.82, 2.24) is 10.2 Å². The second-order valence-electron chi connectivity index (χ2n) is 5.47. The fourth-order valence-electron chi connectivity index (χ4n) is 3.08. The van der Waals surface area contributed by atoms with Gasteiger partial charge in [0.2, 0.25) is 0 Å². The molecule has 0 aromatic heterocycles. The summed E-state index contributed by atoms with van der Waals surface area (Å²) >= 11 is 0. The van der Waals surface area contributed by atoms with Crippen LogP contribution >= 0.6 is 0 Å². The number of aliphatic imine (C=N–C) groups is 1. The Morgan fingerprint density at radius 3 is 2.89 bits per heavy atom. The van der Waals surface area contributed by atoms with E-state index in [4.69, 9.17) is 9.73 Å². The van der Waals surface area contributed by atoms with Gasteiger partial charge in [-0.1, -0.05) is 6.92 Å². The molecule has 1 N–H and O–H groups in total. The van der Waals surface area contributed by atoms with Crippen molar-refractivity contribution >= 4 is 5.84 Å². The quantitative estimate of drug-likeness (QED) is 0.705. The van der Waals surface area contributed by atoms with Crippen molar-refractivity contribution in [2.45, 2.75) is 26.2 Å². The SMILES string of the molecule is CC1CNCCC2=C1N=C(N1CCOCC1)CC2. The van der Waals surface area contributed by atoms with E-state index in [-0.39, 0.29) is 0 Å². The summed E-state index contributed by atoms with van der Waals surface area (Å²) in [4.78, 5) is 7.41. The molecule has 1 atom stereocenters. The lowest BCUT2D eigenvalue weighted by Gasteiger charge is -2.32. The molecule has 0 aromatic carbocycles. The number of amidine groups is 1. The van der Waals surface area contributed by atoms with Crippen LogP contribution in [0.25, 0.3) is 0 Å². The first kappa shape index (κ1) is 12.2. The minimum atomic E-state index is 0.554. The number of nitrogens with zero attached hydrogens (tertiary/aromatic N) is 2. The van der Waals surface area contributed by atoms with Gasteiger partial charge in [-0.15, -0.1) is 0 Å². The Bertz CT molecular complexity index is 369. The largest absolute Gasteiger partial charge is 0.378 e. The Kier molecular flexibility index (Phi) is 3.66. The Morgan fingerprint density at radius 1 is 1.22 bits per heavy atom. The predicted molar refractivity (Wildman–Crippen MR) is 72.7 cm³/mol. The third-order valence-electron chi connectivity index (χ3n) is 4.16. The van der Waals surface area contributed by atoms with Crippen LogP contribution in [-0.4, -0.2) is 50.1 Å². The van der Waals surface area contributed by atoms with E-state index in [1.807, 2.05) is 0 Å². The topological polar surface area (TPSA) is 36.9 Å². The van der Waals surface area contributed by atoms with E-state index in [0.717, 1.165) is 45.8 Å². The highest BCUT2D eigenvalue weighted by molar-refractivity contribution is 5.84. The highest BCUT2D eigenvalue weighted by Crippen LogP contribution is 2.29. The minimum absolute atomic E-state index is 0.554. The molecule has 1 fully saturated rings. The van der Waals surface area contributed by atoms with Crippen molar-refractivity contribution in [2.75, 3.05) is 39.4 Å². The molecule has 1 saturated heterocycles. The summed E-state index contributed by atoms with van der Waals surface area (Å²) in [5, 5.41) is 3.50. The number of morpholine rings is 1. The number of ether oxygens (including phenoxy) is 1. The Labute approximate surface area is 109 Å². The standard InChI is InChI=1S/C14H23N3O/c1-11-10-15-5-4-12-2-3-13(16-14(11)12)17-6-8-18-9-7-17/h11,15H,2-10H2,1H3. The van der Waals surface area contributed by atoms with Gasteiger partial charge in [0.25, 0.3) is 0 Å². The number of rotatable bonds is 0. The van der Waals surface area contributed by atoms with Gasteiger partial charge in [-0.2, -0.15) is 0 Å². The average Bonchev–Trinajstić information content (AvgIpc) is 2.62. The van der Waals surface area contributed by atoms with Crippen LogP contribution < -0.4 is 5.32 Å². The summed E-state index contributed by atoms with van der Waals surface area (Å²) in [5.74, 6) is 1.85. The van der Waals surface area contributed by atoms with Gasteiger partial charge in [0.05, 0.1) is 13.2 Å². The molecule has 0 saturated carbocycles. The van der Waals surface area contributed by atoms with E-state index in [2.05, 4.69) is 17.1 Å². The maximum absolute atomic E-state index is 5.42. The zero-order valence-electron chi connectivity index (χ0n) is 11.2. The summed E-state index contributed by atoms with van der Waals surface area (Å²) in [7, 11) is 0. The summed E-state index contributed by atoms with van der Waals surface area (Å²) in [6.45, 7) is 8.19. The number of nitrogens with one attached hydrogen (secondary N) is 1. The average molecular weight is 249 g/mol. The van der Waals surface area contributed by atoms with Gasteiger partial charge in [-0.05, 0) is 25.0 Å². The third-order valence-corrected chi connectivity index (χ3v) is 4.16. The van der Waals surface area contributed by atoms with E-state index in [0.29, 0.717) is 5.92 Å². The summed E-state index contributed by atoms with van der Waals surface area (Å²) < 4.78 is 5.42. The zero-order chi connectivity index (χ0) is 12.4. The molecule has 18 heavy (non-hydrogen) atoms. The van der Waals surface area contributed by atoms with Crippen LogP contribution in [0.15, 0.2) is 16.3 Å². The summed E-state index contributed by atoms with van der Waals surface area (Å²) in [6, 6.07) is 0. The van der Waals surface area contributed by atoms with Crippen LogP contribution in [0.3, 0.4) is 0 Å². The van der Waals surface area contributed by atoms with Gasteiger partial charge < -0.3 is 15.0 Å². The summed E-state index contributed by atoms with van der Waals surface area (Å²) in [5.41, 5.74) is 2.96. The monoisotopic (exact) mass is 249 g/mol. The van der Waals surface area contributed by atoms with Gasteiger partial charge in [0, 0.05) is 37.7 Å². The molecule has 0 amide bonds. The zero-order valence-corrected chi connectivity index (χ0v) is 11.2. The van der Waals surface area contributed by atoms with Crippen molar-refractivity contribution in [1.29, 1.82) is 0 Å². The fraction of sp³-hybridized carbons (Fsp3) is 0.786. The molecule has 3 aliphatic rings. The first-order valence-corrected chi connectivity index (χ1v) is 7.17. The number of hydrogen-bond acceptors (Lipinski definition) is 4. The molecular weight excluding hydrogens is 226 g/mol.